The molecule has 7 nitrogen and oxygen atoms in total. The summed E-state index contributed by atoms with van der Waals surface area (Å²) in [6, 6.07) is 1.16. The Morgan fingerprint density at radius 1 is 1.42 bits per heavy atom. The molecule has 2 aromatic heterocycles. The van der Waals surface area contributed by atoms with Crippen molar-refractivity contribution >= 4 is 23.0 Å². The highest BCUT2D eigenvalue weighted by atomic mass is 19.1. The zero-order valence-corrected chi connectivity index (χ0v) is 14.1. The molecule has 2 heterocycles. The number of carbonyl (C=O) groups excluding carboxylic acids is 1. The maximum atomic E-state index is 14.5. The molecule has 26 heavy (non-hydrogen) atoms. The Morgan fingerprint density at radius 2 is 2.15 bits per heavy atom. The van der Waals surface area contributed by atoms with E-state index < -0.39 is 35.0 Å². The van der Waals surface area contributed by atoms with Crippen molar-refractivity contribution < 1.29 is 23.8 Å². The largest absolute Gasteiger partial charge is 0.481 e. The summed E-state index contributed by atoms with van der Waals surface area (Å²) in [7, 11) is 0. The minimum absolute atomic E-state index is 0.0104. The highest BCUT2D eigenvalue weighted by Crippen LogP contribution is 2.48. The standard InChI is InChI=1S/C18H17FN2O5/c1-2-26-18(25)12-7-21(8-3-4-8)16-11(15(12)22)6-13(19)14(20-16)9-5-10(9)17(23)24/h6-10H,2-5H2,1H3,(H,23,24). The predicted molar refractivity (Wildman–Crippen MR) is 88.7 cm³/mol. The van der Waals surface area contributed by atoms with E-state index in [1.165, 1.54) is 6.20 Å². The quantitative estimate of drug-likeness (QED) is 0.821. The van der Waals surface area contributed by atoms with Crippen LogP contribution >= 0.6 is 0 Å². The van der Waals surface area contributed by atoms with Crippen molar-refractivity contribution in [2.45, 2.75) is 38.1 Å². The van der Waals surface area contributed by atoms with E-state index in [0.29, 0.717) is 6.42 Å². The topological polar surface area (TPSA) is 98.5 Å². The predicted octanol–water partition coefficient (Wildman–Crippen LogP) is 2.24. The Hall–Kier alpha value is -2.77. The number of nitrogens with zero attached hydrogens (tertiary/aromatic N) is 2. The zero-order chi connectivity index (χ0) is 18.6. The first kappa shape index (κ1) is 16.7. The third kappa shape index (κ3) is 2.65. The second-order valence-electron chi connectivity index (χ2n) is 6.74. The molecule has 0 aliphatic heterocycles. The summed E-state index contributed by atoms with van der Waals surface area (Å²) < 4.78 is 21.2. The summed E-state index contributed by atoms with van der Waals surface area (Å²) in [5.74, 6) is -3.56. The molecule has 1 N–H and O–H groups in total. The number of aliphatic carboxylic acids is 1. The van der Waals surface area contributed by atoms with E-state index in [9.17, 15) is 18.8 Å². The van der Waals surface area contributed by atoms with Crippen LogP contribution in [0, 0.1) is 11.7 Å². The van der Waals surface area contributed by atoms with Gasteiger partial charge in [0, 0.05) is 18.2 Å². The van der Waals surface area contributed by atoms with Gasteiger partial charge in [0.2, 0.25) is 5.43 Å². The third-order valence-corrected chi connectivity index (χ3v) is 4.88. The van der Waals surface area contributed by atoms with Gasteiger partial charge >= 0.3 is 11.9 Å². The van der Waals surface area contributed by atoms with Crippen LogP contribution in [0.2, 0.25) is 0 Å². The minimum atomic E-state index is -0.978. The van der Waals surface area contributed by atoms with E-state index in [1.54, 1.807) is 11.5 Å². The van der Waals surface area contributed by atoms with Gasteiger partial charge in [-0.05, 0) is 32.3 Å². The van der Waals surface area contributed by atoms with Gasteiger partial charge in [-0.15, -0.1) is 0 Å². The van der Waals surface area contributed by atoms with Crippen molar-refractivity contribution in [3.05, 3.63) is 39.6 Å². The minimum Gasteiger partial charge on any atom is -0.481 e. The number of rotatable bonds is 5. The molecule has 2 atom stereocenters. The molecule has 2 aliphatic carbocycles. The van der Waals surface area contributed by atoms with Gasteiger partial charge in [0.1, 0.15) is 17.0 Å². The van der Waals surface area contributed by atoms with Crippen molar-refractivity contribution in [3.63, 3.8) is 0 Å². The number of pyridine rings is 2. The molecule has 2 fully saturated rings. The van der Waals surface area contributed by atoms with Gasteiger partial charge in [-0.25, -0.2) is 14.2 Å². The monoisotopic (exact) mass is 360 g/mol. The van der Waals surface area contributed by atoms with Crippen LogP contribution in [0.15, 0.2) is 17.1 Å². The number of esters is 1. The van der Waals surface area contributed by atoms with Crippen LogP contribution in [-0.4, -0.2) is 33.2 Å². The molecule has 136 valence electrons. The van der Waals surface area contributed by atoms with E-state index in [1.807, 2.05) is 0 Å². The first-order valence-corrected chi connectivity index (χ1v) is 8.57. The lowest BCUT2D eigenvalue weighted by molar-refractivity contribution is -0.138. The van der Waals surface area contributed by atoms with Crippen LogP contribution < -0.4 is 5.43 Å². The van der Waals surface area contributed by atoms with Crippen LogP contribution in [0.4, 0.5) is 4.39 Å². The molecule has 2 aromatic rings. The first-order chi connectivity index (χ1) is 12.4. The zero-order valence-electron chi connectivity index (χ0n) is 14.1. The average Bonchev–Trinajstić information content (AvgIpc) is 3.48. The van der Waals surface area contributed by atoms with Gasteiger partial charge < -0.3 is 14.4 Å². The van der Waals surface area contributed by atoms with Crippen molar-refractivity contribution in [1.29, 1.82) is 0 Å². The maximum absolute atomic E-state index is 14.5. The van der Waals surface area contributed by atoms with E-state index in [4.69, 9.17) is 9.84 Å². The van der Waals surface area contributed by atoms with Crippen molar-refractivity contribution in [2.24, 2.45) is 5.92 Å². The van der Waals surface area contributed by atoms with Crippen molar-refractivity contribution in [2.75, 3.05) is 6.61 Å². The second-order valence-corrected chi connectivity index (χ2v) is 6.74. The van der Waals surface area contributed by atoms with Crippen LogP contribution in [-0.2, 0) is 9.53 Å². The summed E-state index contributed by atoms with van der Waals surface area (Å²) in [4.78, 5) is 40.1. The molecule has 8 heteroatoms. The normalized spacial score (nSPS) is 21.6. The van der Waals surface area contributed by atoms with Crippen molar-refractivity contribution in [1.82, 2.24) is 9.55 Å². The lowest BCUT2D eigenvalue weighted by Gasteiger charge is -2.13. The molecule has 2 aliphatic rings. The van der Waals surface area contributed by atoms with Gasteiger partial charge in [-0.3, -0.25) is 9.59 Å². The van der Waals surface area contributed by atoms with E-state index >= 15 is 0 Å². The number of ether oxygens (including phenoxy) is 1. The smallest absolute Gasteiger partial charge is 0.343 e. The Morgan fingerprint density at radius 3 is 2.73 bits per heavy atom. The summed E-state index contributed by atoms with van der Waals surface area (Å²) >= 11 is 0. The van der Waals surface area contributed by atoms with Crippen molar-refractivity contribution in [3.8, 4) is 0 Å². The van der Waals surface area contributed by atoms with Gasteiger partial charge in [-0.2, -0.15) is 0 Å². The lowest BCUT2D eigenvalue weighted by Crippen LogP contribution is -2.22. The molecule has 2 unspecified atom stereocenters. The molecular formula is C18H17FN2O5. The number of hydrogen-bond acceptors (Lipinski definition) is 5. The Bertz CT molecular complexity index is 995. The van der Waals surface area contributed by atoms with Gasteiger partial charge in [0.15, 0.2) is 0 Å². The van der Waals surface area contributed by atoms with Crippen LogP contribution in [0.1, 0.15) is 54.2 Å². The number of hydrogen-bond donors (Lipinski definition) is 1. The number of carbonyl (C=O) groups is 2. The molecule has 0 aromatic carbocycles. The number of carboxylic acids is 1. The number of carboxylic acid groups (broad SMARTS) is 1. The average molecular weight is 360 g/mol. The summed E-state index contributed by atoms with van der Waals surface area (Å²) in [6.07, 6.45) is 3.50. The fourth-order valence-electron chi connectivity index (χ4n) is 3.28. The number of halogens is 1. The highest BCUT2D eigenvalue weighted by Gasteiger charge is 2.47. The molecule has 0 bridgehead atoms. The number of fused-ring (bicyclic) bond motifs is 1. The summed E-state index contributed by atoms with van der Waals surface area (Å²) in [5.41, 5.74) is -0.408. The molecule has 0 amide bonds. The highest BCUT2D eigenvalue weighted by molar-refractivity contribution is 5.93. The first-order valence-electron chi connectivity index (χ1n) is 8.57. The fourth-order valence-corrected chi connectivity index (χ4v) is 3.28. The maximum Gasteiger partial charge on any atom is 0.343 e. The van der Waals surface area contributed by atoms with E-state index in [0.717, 1.165) is 18.9 Å². The van der Waals surface area contributed by atoms with Crippen LogP contribution in [0.3, 0.4) is 0 Å². The molecule has 0 saturated heterocycles. The Balaban J connectivity index is 1.89. The molecule has 0 spiro atoms. The number of aromatic nitrogens is 2. The van der Waals surface area contributed by atoms with Gasteiger partial charge in [0.05, 0.1) is 23.6 Å². The third-order valence-electron chi connectivity index (χ3n) is 4.88. The SMILES string of the molecule is CCOC(=O)c1cn(C2CC2)c2nc(C3CC3C(=O)O)c(F)cc2c1=O. The Kier molecular flexibility index (Phi) is 3.78. The molecule has 2 saturated carbocycles. The lowest BCUT2D eigenvalue weighted by atomic mass is 10.1. The summed E-state index contributed by atoms with van der Waals surface area (Å²) in [6.45, 7) is 1.77. The summed E-state index contributed by atoms with van der Waals surface area (Å²) in [5, 5.41) is 9.09. The van der Waals surface area contributed by atoms with E-state index in [2.05, 4.69) is 4.98 Å². The second kappa shape index (κ2) is 5.89. The van der Waals surface area contributed by atoms with E-state index in [-0.39, 0.29) is 34.9 Å². The van der Waals surface area contributed by atoms with Crippen LogP contribution in [0.25, 0.3) is 11.0 Å². The molecular weight excluding hydrogens is 343 g/mol. The van der Waals surface area contributed by atoms with Gasteiger partial charge in [-0.1, -0.05) is 0 Å². The molecule has 0 radical (unpaired) electrons. The fraction of sp³-hybridized carbons (Fsp3) is 0.444. The van der Waals surface area contributed by atoms with Gasteiger partial charge in [0.25, 0.3) is 0 Å². The Labute approximate surface area is 147 Å². The van der Waals surface area contributed by atoms with Crippen LogP contribution in [0.5, 0.6) is 0 Å². The molecule has 4 rings (SSSR count).